The first-order chi connectivity index (χ1) is 7.43. The predicted molar refractivity (Wildman–Crippen MR) is 64.3 cm³/mol. The van der Waals surface area contributed by atoms with Crippen molar-refractivity contribution >= 4 is 11.6 Å². The van der Waals surface area contributed by atoms with Crippen molar-refractivity contribution in [2.24, 2.45) is 5.92 Å². The van der Waals surface area contributed by atoms with Crippen molar-refractivity contribution in [2.45, 2.75) is 26.8 Å². The van der Waals surface area contributed by atoms with Gasteiger partial charge in [0.25, 0.3) is 5.91 Å². The Labute approximate surface area is 95.5 Å². The van der Waals surface area contributed by atoms with Crippen LogP contribution in [-0.2, 0) is 0 Å². The van der Waals surface area contributed by atoms with E-state index in [4.69, 9.17) is 5.73 Å². The summed E-state index contributed by atoms with van der Waals surface area (Å²) in [5, 5.41) is 12.4. The molecule has 1 rings (SSSR count). The van der Waals surface area contributed by atoms with Gasteiger partial charge >= 0.3 is 0 Å². The molecule has 1 unspecified atom stereocenters. The second-order valence-electron chi connectivity index (χ2n) is 4.25. The van der Waals surface area contributed by atoms with Crippen LogP contribution in [0.15, 0.2) is 18.2 Å². The third-order valence-corrected chi connectivity index (χ3v) is 2.67. The summed E-state index contributed by atoms with van der Waals surface area (Å²) in [7, 11) is 0. The van der Waals surface area contributed by atoms with Gasteiger partial charge in [-0.3, -0.25) is 4.79 Å². The largest absolute Gasteiger partial charge is 0.505 e. The first kappa shape index (κ1) is 12.4. The quantitative estimate of drug-likeness (QED) is 0.538. The van der Waals surface area contributed by atoms with E-state index in [-0.39, 0.29) is 28.9 Å². The average Bonchev–Trinajstić information content (AvgIpc) is 2.21. The Bertz CT molecular complexity index is 389. The lowest BCUT2D eigenvalue weighted by Gasteiger charge is -2.17. The number of hydrogen-bond donors (Lipinski definition) is 3. The Kier molecular flexibility index (Phi) is 3.77. The number of carbonyl (C=O) groups is 1. The summed E-state index contributed by atoms with van der Waals surface area (Å²) in [5.74, 6) is -0.117. The van der Waals surface area contributed by atoms with Crippen LogP contribution in [0.2, 0.25) is 0 Å². The smallest absolute Gasteiger partial charge is 0.255 e. The van der Waals surface area contributed by atoms with Crippen LogP contribution < -0.4 is 11.1 Å². The van der Waals surface area contributed by atoms with Crippen molar-refractivity contribution < 1.29 is 9.90 Å². The average molecular weight is 222 g/mol. The number of para-hydroxylation sites is 1. The Morgan fingerprint density at radius 1 is 1.38 bits per heavy atom. The molecule has 0 fully saturated rings. The fourth-order valence-electron chi connectivity index (χ4n) is 1.20. The van der Waals surface area contributed by atoms with Crippen LogP contribution in [-0.4, -0.2) is 17.1 Å². The highest BCUT2D eigenvalue weighted by molar-refractivity contribution is 5.98. The first-order valence-corrected chi connectivity index (χ1v) is 5.31. The van der Waals surface area contributed by atoms with Gasteiger partial charge in [0.15, 0.2) is 5.75 Å². The van der Waals surface area contributed by atoms with Crippen molar-refractivity contribution in [3.8, 4) is 5.75 Å². The Hall–Kier alpha value is -1.71. The molecule has 88 valence electrons. The molecule has 1 aromatic rings. The fraction of sp³-hybridized carbons (Fsp3) is 0.417. The molecule has 4 N–H and O–H groups in total. The lowest BCUT2D eigenvalue weighted by Crippen LogP contribution is -2.36. The Morgan fingerprint density at radius 3 is 2.56 bits per heavy atom. The lowest BCUT2D eigenvalue weighted by atomic mass is 10.1. The van der Waals surface area contributed by atoms with Gasteiger partial charge in [0.2, 0.25) is 0 Å². The van der Waals surface area contributed by atoms with Gasteiger partial charge in [0.1, 0.15) is 0 Å². The molecule has 4 heteroatoms. The van der Waals surface area contributed by atoms with Crippen LogP contribution in [0.4, 0.5) is 5.69 Å². The van der Waals surface area contributed by atoms with E-state index >= 15 is 0 Å². The van der Waals surface area contributed by atoms with Crippen molar-refractivity contribution in [3.05, 3.63) is 23.8 Å². The highest BCUT2D eigenvalue weighted by Crippen LogP contribution is 2.24. The summed E-state index contributed by atoms with van der Waals surface area (Å²) >= 11 is 0. The number of rotatable bonds is 3. The summed E-state index contributed by atoms with van der Waals surface area (Å²) in [6.07, 6.45) is 0. The first-order valence-electron chi connectivity index (χ1n) is 5.31. The number of nitrogens with one attached hydrogen (secondary N) is 1. The zero-order valence-corrected chi connectivity index (χ0v) is 9.82. The van der Waals surface area contributed by atoms with E-state index in [2.05, 4.69) is 5.32 Å². The SMILES string of the molecule is CC(C)C(C)NC(=O)c1cccc(N)c1O. The summed E-state index contributed by atoms with van der Waals surface area (Å²) in [5.41, 5.74) is 5.95. The molecule has 4 nitrogen and oxygen atoms in total. The topological polar surface area (TPSA) is 75.4 Å². The lowest BCUT2D eigenvalue weighted by molar-refractivity contribution is 0.0928. The normalized spacial score (nSPS) is 12.5. The molecule has 1 amide bonds. The minimum atomic E-state index is -0.300. The number of phenolic OH excluding ortho intramolecular Hbond substituents is 1. The number of benzene rings is 1. The van der Waals surface area contributed by atoms with Gasteiger partial charge in [-0.1, -0.05) is 19.9 Å². The van der Waals surface area contributed by atoms with E-state index in [9.17, 15) is 9.90 Å². The van der Waals surface area contributed by atoms with Gasteiger partial charge in [-0.15, -0.1) is 0 Å². The number of nitrogen functional groups attached to an aromatic ring is 1. The van der Waals surface area contributed by atoms with Crippen LogP contribution >= 0.6 is 0 Å². The highest BCUT2D eigenvalue weighted by atomic mass is 16.3. The van der Waals surface area contributed by atoms with Crippen molar-refractivity contribution in [1.82, 2.24) is 5.32 Å². The number of phenols is 1. The molecular weight excluding hydrogens is 204 g/mol. The van der Waals surface area contributed by atoms with Crippen LogP contribution in [0.25, 0.3) is 0 Å². The number of carbonyl (C=O) groups excluding carboxylic acids is 1. The zero-order valence-electron chi connectivity index (χ0n) is 9.82. The molecule has 0 aliphatic rings. The number of anilines is 1. The fourth-order valence-corrected chi connectivity index (χ4v) is 1.20. The maximum atomic E-state index is 11.8. The molecule has 16 heavy (non-hydrogen) atoms. The summed E-state index contributed by atoms with van der Waals surface area (Å²) in [6, 6.07) is 4.80. The van der Waals surface area contributed by atoms with Crippen molar-refractivity contribution in [1.29, 1.82) is 0 Å². The number of aromatic hydroxyl groups is 1. The van der Waals surface area contributed by atoms with Gasteiger partial charge in [-0.2, -0.15) is 0 Å². The summed E-state index contributed by atoms with van der Waals surface area (Å²) in [6.45, 7) is 5.96. The maximum Gasteiger partial charge on any atom is 0.255 e. The molecule has 0 radical (unpaired) electrons. The third kappa shape index (κ3) is 2.66. The zero-order chi connectivity index (χ0) is 12.3. The summed E-state index contributed by atoms with van der Waals surface area (Å²) in [4.78, 5) is 11.8. The Morgan fingerprint density at radius 2 is 2.00 bits per heavy atom. The highest BCUT2D eigenvalue weighted by Gasteiger charge is 2.16. The molecule has 0 bridgehead atoms. The van der Waals surface area contributed by atoms with Crippen LogP contribution in [0.1, 0.15) is 31.1 Å². The molecule has 0 heterocycles. The molecule has 0 saturated carbocycles. The third-order valence-electron chi connectivity index (χ3n) is 2.67. The van der Waals surface area contributed by atoms with Gasteiger partial charge in [-0.05, 0) is 25.0 Å². The maximum absolute atomic E-state index is 11.8. The van der Waals surface area contributed by atoms with E-state index < -0.39 is 0 Å². The number of hydrogen-bond acceptors (Lipinski definition) is 3. The molecule has 0 aliphatic heterocycles. The predicted octanol–water partition coefficient (Wildman–Crippen LogP) is 1.75. The molecule has 0 aromatic heterocycles. The molecule has 0 spiro atoms. The van der Waals surface area contributed by atoms with E-state index in [0.29, 0.717) is 5.92 Å². The van der Waals surface area contributed by atoms with E-state index in [1.807, 2.05) is 20.8 Å². The van der Waals surface area contributed by atoms with Crippen LogP contribution in [0.5, 0.6) is 5.75 Å². The van der Waals surface area contributed by atoms with E-state index in [1.54, 1.807) is 18.2 Å². The summed E-state index contributed by atoms with van der Waals surface area (Å²) < 4.78 is 0. The van der Waals surface area contributed by atoms with Crippen molar-refractivity contribution in [2.75, 3.05) is 5.73 Å². The Balaban J connectivity index is 2.85. The monoisotopic (exact) mass is 222 g/mol. The molecule has 0 aliphatic carbocycles. The van der Waals surface area contributed by atoms with Crippen LogP contribution in [0, 0.1) is 5.92 Å². The number of amides is 1. The van der Waals surface area contributed by atoms with Crippen molar-refractivity contribution in [3.63, 3.8) is 0 Å². The van der Waals surface area contributed by atoms with Gasteiger partial charge in [0.05, 0.1) is 11.3 Å². The van der Waals surface area contributed by atoms with Crippen LogP contribution in [0.3, 0.4) is 0 Å². The number of nitrogens with two attached hydrogens (primary N) is 1. The van der Waals surface area contributed by atoms with Gasteiger partial charge in [0, 0.05) is 6.04 Å². The van der Waals surface area contributed by atoms with Gasteiger partial charge < -0.3 is 16.2 Å². The molecule has 1 atom stereocenters. The molecular formula is C12H18N2O2. The molecule has 0 saturated heterocycles. The standard InChI is InChI=1S/C12H18N2O2/c1-7(2)8(3)14-12(16)9-5-4-6-10(13)11(9)15/h4-8,15H,13H2,1-3H3,(H,14,16). The second-order valence-corrected chi connectivity index (χ2v) is 4.25. The van der Waals surface area contributed by atoms with Gasteiger partial charge in [-0.25, -0.2) is 0 Å². The van der Waals surface area contributed by atoms with E-state index in [0.717, 1.165) is 0 Å². The molecule has 1 aromatic carbocycles. The minimum Gasteiger partial charge on any atom is -0.505 e. The minimum absolute atomic E-state index is 0.0494. The second kappa shape index (κ2) is 4.88. The van der Waals surface area contributed by atoms with E-state index in [1.165, 1.54) is 0 Å².